The van der Waals surface area contributed by atoms with Crippen molar-refractivity contribution >= 4 is 33.8 Å². The Morgan fingerprint density at radius 3 is 2.39 bits per heavy atom. The van der Waals surface area contributed by atoms with E-state index in [1.54, 1.807) is 12.4 Å². The van der Waals surface area contributed by atoms with Gasteiger partial charge in [0.2, 0.25) is 5.95 Å². The van der Waals surface area contributed by atoms with Crippen LogP contribution in [0.4, 0.5) is 11.8 Å². The number of benzene rings is 1. The maximum atomic E-state index is 9.52. The Kier molecular flexibility index (Phi) is 8.93. The molecule has 4 aromatic rings. The minimum Gasteiger partial charge on any atom is -0.395 e. The molecule has 4 heterocycles. The third kappa shape index (κ3) is 6.04. The smallest absolute Gasteiger partial charge is 0.222 e. The molecule has 3 aromatic heterocycles. The van der Waals surface area contributed by atoms with Crippen LogP contribution in [0.5, 0.6) is 0 Å². The van der Waals surface area contributed by atoms with Crippen molar-refractivity contribution in [3.8, 4) is 0 Å². The fourth-order valence-corrected chi connectivity index (χ4v) is 4.20. The van der Waals surface area contributed by atoms with Crippen LogP contribution in [0.3, 0.4) is 0 Å². The maximum Gasteiger partial charge on any atom is 0.222 e. The number of rotatable bonds is 9. The fraction of sp³-hybridized carbons (Fsp3) is 0.480. The van der Waals surface area contributed by atoms with E-state index in [9.17, 15) is 5.11 Å². The summed E-state index contributed by atoms with van der Waals surface area (Å²) < 4.78 is 6.75. The molecule has 0 saturated carbocycles. The molecule has 0 radical (unpaired) electrons. The van der Waals surface area contributed by atoms with E-state index in [0.29, 0.717) is 36.5 Å². The molecular weight excluding hydrogens is 458 g/mol. The molecule has 0 bridgehead atoms. The summed E-state index contributed by atoms with van der Waals surface area (Å²) in [5.41, 5.74) is 16.7. The first kappa shape index (κ1) is 25.7. The molecule has 1 aliphatic heterocycles. The Hall–Kier alpha value is -3.41. The average Bonchev–Trinajstić information content (AvgIpc) is 3.60. The van der Waals surface area contributed by atoms with Gasteiger partial charge in [0.15, 0.2) is 11.3 Å². The van der Waals surface area contributed by atoms with Crippen molar-refractivity contribution in [2.45, 2.75) is 45.7 Å². The molecule has 0 spiro atoms. The number of hydrogen-bond acceptors (Lipinski definition) is 10. The third-order valence-corrected chi connectivity index (χ3v) is 6.03. The van der Waals surface area contributed by atoms with E-state index in [1.165, 1.54) is 12.8 Å². The number of fused-ring (bicyclic) bond motifs is 2. The second-order valence-corrected chi connectivity index (χ2v) is 8.69. The Labute approximate surface area is 210 Å². The predicted molar refractivity (Wildman–Crippen MR) is 141 cm³/mol. The van der Waals surface area contributed by atoms with E-state index in [0.717, 1.165) is 54.8 Å². The third-order valence-electron chi connectivity index (χ3n) is 6.03. The summed E-state index contributed by atoms with van der Waals surface area (Å²) in [5, 5.41) is 14.3. The molecule has 1 saturated heterocycles. The molecule has 0 aliphatic carbocycles. The standard InChI is InChI=1S/C21H27N9O.C4H8O/c1-2-3-8-29(9-10-31)20-19-16(26-21(23)27-20)13-30(28-19)12-15-5-4-14(11-22)17-18(15)25-7-6-24-17;1-2-4-5-3-1/h4-7,13,31H,2-3,8-12,22H2,1H3,(H2,23,26);1-4H2. The summed E-state index contributed by atoms with van der Waals surface area (Å²) in [4.78, 5) is 19.8. The van der Waals surface area contributed by atoms with Crippen LogP contribution < -0.4 is 16.4 Å². The number of anilines is 2. The lowest BCUT2D eigenvalue weighted by Gasteiger charge is -2.22. The molecule has 192 valence electrons. The number of aromatic nitrogens is 6. The Morgan fingerprint density at radius 1 is 1.03 bits per heavy atom. The zero-order chi connectivity index (χ0) is 25.3. The Bertz CT molecular complexity index is 1270. The van der Waals surface area contributed by atoms with E-state index >= 15 is 0 Å². The quantitative estimate of drug-likeness (QED) is 0.316. The topological polar surface area (TPSA) is 154 Å². The first-order valence-electron chi connectivity index (χ1n) is 12.5. The van der Waals surface area contributed by atoms with Crippen molar-refractivity contribution in [3.63, 3.8) is 0 Å². The van der Waals surface area contributed by atoms with Gasteiger partial charge in [-0.1, -0.05) is 25.5 Å². The minimum atomic E-state index is 0.0218. The summed E-state index contributed by atoms with van der Waals surface area (Å²) in [6.45, 7) is 6.25. The van der Waals surface area contributed by atoms with Crippen LogP contribution in [0, 0.1) is 0 Å². The van der Waals surface area contributed by atoms with Crippen LogP contribution in [0.1, 0.15) is 43.7 Å². The van der Waals surface area contributed by atoms with Gasteiger partial charge in [-0.25, -0.2) is 4.98 Å². The number of hydrogen-bond donors (Lipinski definition) is 3. The van der Waals surface area contributed by atoms with Gasteiger partial charge in [0.05, 0.1) is 30.4 Å². The first-order chi connectivity index (χ1) is 17.6. The van der Waals surface area contributed by atoms with Gasteiger partial charge in [0.25, 0.3) is 0 Å². The van der Waals surface area contributed by atoms with Gasteiger partial charge in [-0.2, -0.15) is 10.1 Å². The highest BCUT2D eigenvalue weighted by Crippen LogP contribution is 2.25. The molecule has 5 N–H and O–H groups in total. The fourth-order valence-electron chi connectivity index (χ4n) is 4.20. The van der Waals surface area contributed by atoms with Gasteiger partial charge >= 0.3 is 0 Å². The summed E-state index contributed by atoms with van der Waals surface area (Å²) in [7, 11) is 0. The number of ether oxygens (including phenoxy) is 1. The normalized spacial score (nSPS) is 13.2. The van der Waals surface area contributed by atoms with Gasteiger partial charge in [-0.15, -0.1) is 0 Å². The molecule has 1 aromatic carbocycles. The SMILES string of the molecule is C1CCOC1.CCCCN(CCO)c1nc(N)nc2cn(Cc3ccc(CN)c4nccnc34)nc12. The van der Waals surface area contributed by atoms with Crippen molar-refractivity contribution < 1.29 is 9.84 Å². The van der Waals surface area contributed by atoms with Crippen LogP contribution in [0.2, 0.25) is 0 Å². The molecule has 36 heavy (non-hydrogen) atoms. The zero-order valence-electron chi connectivity index (χ0n) is 20.8. The van der Waals surface area contributed by atoms with Crippen LogP contribution in [0.25, 0.3) is 22.1 Å². The summed E-state index contributed by atoms with van der Waals surface area (Å²) in [6.07, 6.45) is 9.77. The van der Waals surface area contributed by atoms with E-state index in [4.69, 9.17) is 21.3 Å². The molecule has 1 aliphatic rings. The molecule has 0 unspecified atom stereocenters. The summed E-state index contributed by atoms with van der Waals surface area (Å²) >= 11 is 0. The number of aliphatic hydroxyl groups is 1. The molecule has 5 rings (SSSR count). The highest BCUT2D eigenvalue weighted by atomic mass is 16.5. The Morgan fingerprint density at radius 2 is 1.75 bits per heavy atom. The van der Waals surface area contributed by atoms with Crippen LogP contribution in [-0.4, -0.2) is 67.7 Å². The first-order valence-corrected chi connectivity index (χ1v) is 12.5. The van der Waals surface area contributed by atoms with Gasteiger partial charge in [0, 0.05) is 50.8 Å². The number of aliphatic hydroxyl groups excluding tert-OH is 1. The molecule has 0 amide bonds. The highest BCUT2D eigenvalue weighted by Gasteiger charge is 2.18. The number of unbranched alkanes of at least 4 members (excludes halogenated alkanes) is 1. The number of nitrogens with two attached hydrogens (primary N) is 2. The van der Waals surface area contributed by atoms with E-state index in [1.807, 2.05) is 27.9 Å². The minimum absolute atomic E-state index is 0.0218. The van der Waals surface area contributed by atoms with Crippen LogP contribution in [-0.2, 0) is 17.8 Å². The van der Waals surface area contributed by atoms with Crippen molar-refractivity contribution in [2.24, 2.45) is 5.73 Å². The predicted octanol–water partition coefficient (Wildman–Crippen LogP) is 2.25. The molecule has 11 nitrogen and oxygen atoms in total. The Balaban J connectivity index is 0.000000543. The van der Waals surface area contributed by atoms with Crippen molar-refractivity contribution in [1.82, 2.24) is 29.7 Å². The lowest BCUT2D eigenvalue weighted by atomic mass is 10.1. The van der Waals surface area contributed by atoms with Crippen molar-refractivity contribution in [3.05, 3.63) is 41.9 Å². The number of nitrogens with zero attached hydrogens (tertiary/aromatic N) is 7. The van der Waals surface area contributed by atoms with E-state index < -0.39 is 0 Å². The summed E-state index contributed by atoms with van der Waals surface area (Å²) in [5.74, 6) is 0.831. The molecule has 11 heteroatoms. The van der Waals surface area contributed by atoms with Crippen molar-refractivity contribution in [1.29, 1.82) is 0 Å². The summed E-state index contributed by atoms with van der Waals surface area (Å²) in [6, 6.07) is 3.98. The largest absolute Gasteiger partial charge is 0.395 e. The second-order valence-electron chi connectivity index (χ2n) is 8.69. The van der Waals surface area contributed by atoms with Crippen LogP contribution >= 0.6 is 0 Å². The lowest BCUT2D eigenvalue weighted by molar-refractivity contribution is 0.198. The van der Waals surface area contributed by atoms with Gasteiger partial charge < -0.3 is 26.2 Å². The molecule has 0 atom stereocenters. The zero-order valence-corrected chi connectivity index (χ0v) is 20.8. The second kappa shape index (κ2) is 12.5. The monoisotopic (exact) mass is 493 g/mol. The van der Waals surface area contributed by atoms with Gasteiger partial charge in [-0.3, -0.25) is 14.6 Å². The lowest BCUT2D eigenvalue weighted by Crippen LogP contribution is -2.29. The average molecular weight is 494 g/mol. The van der Waals surface area contributed by atoms with E-state index in [2.05, 4.69) is 26.9 Å². The molecular formula is C25H35N9O2. The van der Waals surface area contributed by atoms with Gasteiger partial charge in [0.1, 0.15) is 5.52 Å². The highest BCUT2D eigenvalue weighted by molar-refractivity contribution is 5.86. The van der Waals surface area contributed by atoms with Crippen LogP contribution in [0.15, 0.2) is 30.7 Å². The maximum absolute atomic E-state index is 9.52. The number of nitrogen functional groups attached to an aromatic ring is 1. The van der Waals surface area contributed by atoms with Gasteiger partial charge in [-0.05, 0) is 24.8 Å². The molecule has 1 fully saturated rings. The van der Waals surface area contributed by atoms with Crippen molar-refractivity contribution in [2.75, 3.05) is 43.5 Å². The van der Waals surface area contributed by atoms with E-state index in [-0.39, 0.29) is 12.6 Å².